The van der Waals surface area contributed by atoms with Crippen molar-refractivity contribution in [3.8, 4) is 11.4 Å². The third-order valence-electron chi connectivity index (χ3n) is 2.44. The molecular formula is C14H14N2. The minimum atomic E-state index is 0.754. The number of benzene rings is 1. The van der Waals surface area contributed by atoms with Crippen LogP contribution in [-0.2, 0) is 0 Å². The van der Waals surface area contributed by atoms with E-state index in [-0.39, 0.29) is 0 Å². The van der Waals surface area contributed by atoms with Crippen LogP contribution < -0.4 is 0 Å². The fourth-order valence-corrected chi connectivity index (χ4v) is 1.65. The molecule has 2 heteroatoms. The number of hydrogen-bond acceptors (Lipinski definition) is 2. The van der Waals surface area contributed by atoms with Crippen LogP contribution in [0.25, 0.3) is 17.0 Å². The summed E-state index contributed by atoms with van der Waals surface area (Å²) in [5, 5.41) is 0. The molecule has 0 atom stereocenters. The molecule has 0 saturated heterocycles. The molecular weight excluding hydrogens is 196 g/mol. The predicted molar refractivity (Wildman–Crippen MR) is 66.9 cm³/mol. The third-order valence-corrected chi connectivity index (χ3v) is 2.44. The summed E-state index contributed by atoms with van der Waals surface area (Å²) in [6, 6.07) is 8.07. The largest absolute Gasteiger partial charge is 0.237 e. The molecule has 2 aromatic rings. The number of rotatable bonds is 2. The van der Waals surface area contributed by atoms with E-state index in [1.807, 2.05) is 13.0 Å². The van der Waals surface area contributed by atoms with E-state index in [1.165, 1.54) is 5.56 Å². The van der Waals surface area contributed by atoms with Crippen LogP contribution in [0.5, 0.6) is 0 Å². The van der Waals surface area contributed by atoms with Crippen LogP contribution in [-0.4, -0.2) is 9.97 Å². The molecule has 2 rings (SSSR count). The summed E-state index contributed by atoms with van der Waals surface area (Å²) in [6.07, 6.45) is 3.51. The van der Waals surface area contributed by atoms with Crippen LogP contribution in [0.2, 0.25) is 0 Å². The van der Waals surface area contributed by atoms with Gasteiger partial charge in [-0.1, -0.05) is 29.8 Å². The maximum atomic E-state index is 4.28. The number of allylic oxidation sites excluding steroid dienone is 1. The van der Waals surface area contributed by atoms with Crippen LogP contribution in [0.15, 0.2) is 43.2 Å². The Morgan fingerprint density at radius 3 is 2.50 bits per heavy atom. The van der Waals surface area contributed by atoms with Crippen LogP contribution in [0, 0.1) is 6.92 Å². The van der Waals surface area contributed by atoms with Gasteiger partial charge in [0.2, 0.25) is 0 Å². The van der Waals surface area contributed by atoms with Gasteiger partial charge in [-0.3, -0.25) is 0 Å². The number of aromatic nitrogens is 2. The van der Waals surface area contributed by atoms with E-state index in [1.54, 1.807) is 12.4 Å². The van der Waals surface area contributed by atoms with Crippen LogP contribution in [0.3, 0.4) is 0 Å². The maximum absolute atomic E-state index is 4.28. The molecule has 0 aliphatic heterocycles. The number of nitrogens with zero attached hydrogens (tertiary/aromatic N) is 2. The van der Waals surface area contributed by atoms with Gasteiger partial charge in [0.05, 0.1) is 0 Å². The second-order valence-electron chi connectivity index (χ2n) is 3.90. The van der Waals surface area contributed by atoms with Crippen LogP contribution in [0.4, 0.5) is 0 Å². The van der Waals surface area contributed by atoms with Gasteiger partial charge in [0.25, 0.3) is 0 Å². The molecule has 1 aromatic heterocycles. The van der Waals surface area contributed by atoms with Gasteiger partial charge in [0, 0.05) is 18.0 Å². The molecule has 0 N–H and O–H groups in total. The summed E-state index contributed by atoms with van der Waals surface area (Å²) in [4.78, 5) is 8.56. The van der Waals surface area contributed by atoms with E-state index in [4.69, 9.17) is 0 Å². The van der Waals surface area contributed by atoms with Crippen molar-refractivity contribution in [2.75, 3.05) is 0 Å². The Morgan fingerprint density at radius 1 is 1.19 bits per heavy atom. The smallest absolute Gasteiger partial charge is 0.159 e. The maximum Gasteiger partial charge on any atom is 0.159 e. The average molecular weight is 210 g/mol. The monoisotopic (exact) mass is 210 g/mol. The fourth-order valence-electron chi connectivity index (χ4n) is 1.65. The molecule has 80 valence electrons. The van der Waals surface area contributed by atoms with E-state index >= 15 is 0 Å². The highest BCUT2D eigenvalue weighted by Crippen LogP contribution is 2.26. The van der Waals surface area contributed by atoms with E-state index in [2.05, 4.69) is 41.7 Å². The molecule has 0 aliphatic rings. The van der Waals surface area contributed by atoms with Crippen molar-refractivity contribution in [1.29, 1.82) is 0 Å². The molecule has 0 saturated carbocycles. The first-order valence-electron chi connectivity index (χ1n) is 5.22. The molecule has 2 nitrogen and oxygen atoms in total. The Bertz CT molecular complexity index is 516. The Labute approximate surface area is 95.7 Å². The Morgan fingerprint density at radius 2 is 1.88 bits per heavy atom. The lowest BCUT2D eigenvalue weighted by molar-refractivity contribution is 1.17. The molecule has 0 spiro atoms. The molecule has 0 bridgehead atoms. The molecule has 1 heterocycles. The first kappa shape index (κ1) is 10.6. The summed E-state index contributed by atoms with van der Waals surface area (Å²) in [5.41, 5.74) is 4.39. The average Bonchev–Trinajstić information content (AvgIpc) is 2.29. The molecule has 1 aromatic carbocycles. The summed E-state index contributed by atoms with van der Waals surface area (Å²) < 4.78 is 0. The molecule has 0 radical (unpaired) electrons. The Balaban J connectivity index is 2.63. The third kappa shape index (κ3) is 2.01. The highest BCUT2D eigenvalue weighted by atomic mass is 14.9. The van der Waals surface area contributed by atoms with Gasteiger partial charge in [-0.2, -0.15) is 0 Å². The number of aryl methyl sites for hydroxylation is 1. The molecule has 0 amide bonds. The topological polar surface area (TPSA) is 25.8 Å². The van der Waals surface area contributed by atoms with Crippen molar-refractivity contribution in [1.82, 2.24) is 9.97 Å². The summed E-state index contributed by atoms with van der Waals surface area (Å²) in [7, 11) is 0. The second-order valence-corrected chi connectivity index (χ2v) is 3.90. The lowest BCUT2D eigenvalue weighted by atomic mass is 9.99. The van der Waals surface area contributed by atoms with E-state index in [0.29, 0.717) is 0 Å². The summed E-state index contributed by atoms with van der Waals surface area (Å²) in [6.45, 7) is 8.05. The standard InChI is InChI=1S/C14H14N2/c1-10(2)12-6-5-11(3)9-13(12)14-15-7-4-8-16-14/h4-9H,1H2,2-3H3. The highest BCUT2D eigenvalue weighted by Gasteiger charge is 2.07. The van der Waals surface area contributed by atoms with Gasteiger partial charge in [-0.15, -0.1) is 0 Å². The van der Waals surface area contributed by atoms with Gasteiger partial charge in [-0.25, -0.2) is 9.97 Å². The van der Waals surface area contributed by atoms with E-state index in [9.17, 15) is 0 Å². The minimum Gasteiger partial charge on any atom is -0.237 e. The first-order chi connectivity index (χ1) is 7.68. The van der Waals surface area contributed by atoms with Gasteiger partial charge in [0.1, 0.15) is 0 Å². The Kier molecular flexibility index (Phi) is 2.82. The lowest BCUT2D eigenvalue weighted by Crippen LogP contribution is -1.92. The van der Waals surface area contributed by atoms with Crippen molar-refractivity contribution in [3.63, 3.8) is 0 Å². The quantitative estimate of drug-likeness (QED) is 0.758. The lowest BCUT2D eigenvalue weighted by Gasteiger charge is -2.08. The first-order valence-corrected chi connectivity index (χ1v) is 5.22. The highest BCUT2D eigenvalue weighted by molar-refractivity contribution is 5.77. The summed E-state index contributed by atoms with van der Waals surface area (Å²) >= 11 is 0. The molecule has 0 unspecified atom stereocenters. The zero-order chi connectivity index (χ0) is 11.5. The van der Waals surface area contributed by atoms with E-state index in [0.717, 1.165) is 22.5 Å². The predicted octanol–water partition coefficient (Wildman–Crippen LogP) is 3.49. The minimum absolute atomic E-state index is 0.754. The zero-order valence-electron chi connectivity index (χ0n) is 9.57. The normalized spacial score (nSPS) is 10.1. The van der Waals surface area contributed by atoms with Gasteiger partial charge in [-0.05, 0) is 31.5 Å². The number of hydrogen-bond donors (Lipinski definition) is 0. The van der Waals surface area contributed by atoms with Crippen molar-refractivity contribution >= 4 is 5.57 Å². The molecule has 0 fully saturated rings. The zero-order valence-corrected chi connectivity index (χ0v) is 9.57. The van der Waals surface area contributed by atoms with Crippen LogP contribution >= 0.6 is 0 Å². The second kappa shape index (κ2) is 4.27. The SMILES string of the molecule is C=C(C)c1ccc(C)cc1-c1ncccn1. The van der Waals surface area contributed by atoms with E-state index < -0.39 is 0 Å². The fraction of sp³-hybridized carbons (Fsp3) is 0.143. The van der Waals surface area contributed by atoms with Gasteiger partial charge in [0.15, 0.2) is 5.82 Å². The Hall–Kier alpha value is -1.96. The van der Waals surface area contributed by atoms with Crippen molar-refractivity contribution in [3.05, 3.63) is 54.4 Å². The van der Waals surface area contributed by atoms with Crippen molar-refractivity contribution in [2.45, 2.75) is 13.8 Å². The molecule has 0 aliphatic carbocycles. The van der Waals surface area contributed by atoms with Crippen molar-refractivity contribution < 1.29 is 0 Å². The van der Waals surface area contributed by atoms with Crippen LogP contribution in [0.1, 0.15) is 18.1 Å². The van der Waals surface area contributed by atoms with Gasteiger partial charge >= 0.3 is 0 Å². The van der Waals surface area contributed by atoms with Gasteiger partial charge < -0.3 is 0 Å². The summed E-state index contributed by atoms with van der Waals surface area (Å²) in [5.74, 6) is 0.754. The molecule has 16 heavy (non-hydrogen) atoms. The van der Waals surface area contributed by atoms with Crippen molar-refractivity contribution in [2.24, 2.45) is 0 Å².